The Kier molecular flexibility index (Phi) is 4.92. The number of carbonyl (C=O) groups is 1. The molecule has 7 heteroatoms. The van der Waals surface area contributed by atoms with Gasteiger partial charge in [0.1, 0.15) is 5.82 Å². The van der Waals surface area contributed by atoms with Gasteiger partial charge in [0, 0.05) is 43.5 Å². The number of nitrogens with zero attached hydrogens (tertiary/aromatic N) is 4. The average molecular weight is 345 g/mol. The van der Waals surface area contributed by atoms with Crippen LogP contribution in [0.25, 0.3) is 0 Å². The molecule has 1 aliphatic rings. The molecule has 0 radical (unpaired) electrons. The summed E-state index contributed by atoms with van der Waals surface area (Å²) in [6.07, 6.45) is 5.72. The molecule has 2 aromatic rings. The van der Waals surface area contributed by atoms with Crippen molar-refractivity contribution >= 4 is 5.91 Å². The maximum atomic E-state index is 12.2. The second kappa shape index (κ2) is 6.98. The zero-order valence-corrected chi connectivity index (χ0v) is 15.5. The predicted molar refractivity (Wildman–Crippen MR) is 93.2 cm³/mol. The van der Waals surface area contributed by atoms with E-state index in [1.807, 2.05) is 27.7 Å². The van der Waals surface area contributed by atoms with Gasteiger partial charge < -0.3 is 14.4 Å². The zero-order chi connectivity index (χ0) is 18.0. The Labute approximate surface area is 148 Å². The summed E-state index contributed by atoms with van der Waals surface area (Å²) < 4.78 is 7.41. The lowest BCUT2D eigenvalue weighted by Gasteiger charge is -2.24. The first-order chi connectivity index (χ1) is 11.8. The van der Waals surface area contributed by atoms with Crippen LogP contribution in [0.4, 0.5) is 0 Å². The van der Waals surface area contributed by atoms with Crippen molar-refractivity contribution in [2.75, 3.05) is 0 Å². The van der Waals surface area contributed by atoms with Gasteiger partial charge in [-0.3, -0.25) is 4.79 Å². The summed E-state index contributed by atoms with van der Waals surface area (Å²) in [4.78, 5) is 21.1. The molecule has 0 aromatic carbocycles. The summed E-state index contributed by atoms with van der Waals surface area (Å²) in [6.45, 7) is 8.95. The molecule has 136 valence electrons. The Morgan fingerprint density at radius 2 is 2.20 bits per heavy atom. The minimum Gasteiger partial charge on any atom is -0.352 e. The Morgan fingerprint density at radius 1 is 1.40 bits per heavy atom. The number of rotatable bonds is 5. The van der Waals surface area contributed by atoms with E-state index in [9.17, 15) is 4.79 Å². The van der Waals surface area contributed by atoms with Crippen LogP contribution in [0.1, 0.15) is 63.3 Å². The molecule has 3 rings (SSSR count). The third kappa shape index (κ3) is 4.46. The Hall–Kier alpha value is -2.18. The molecular formula is C18H27N5O2. The predicted octanol–water partition coefficient (Wildman–Crippen LogP) is 2.33. The molecule has 1 N–H and O–H groups in total. The first-order valence-corrected chi connectivity index (χ1v) is 8.96. The van der Waals surface area contributed by atoms with Crippen molar-refractivity contribution in [2.24, 2.45) is 0 Å². The number of hydrogen-bond donors (Lipinski definition) is 1. The molecule has 3 heterocycles. The highest BCUT2D eigenvalue weighted by Crippen LogP contribution is 2.19. The number of hydrogen-bond acceptors (Lipinski definition) is 5. The molecule has 7 nitrogen and oxygen atoms in total. The number of aromatic nitrogens is 4. The van der Waals surface area contributed by atoms with Crippen molar-refractivity contribution in [3.63, 3.8) is 0 Å². The van der Waals surface area contributed by atoms with Gasteiger partial charge in [0.25, 0.3) is 0 Å². The minimum absolute atomic E-state index is 0.0841. The fourth-order valence-electron chi connectivity index (χ4n) is 3.07. The van der Waals surface area contributed by atoms with Crippen LogP contribution in [0.2, 0.25) is 0 Å². The number of carbonyl (C=O) groups excluding carboxylic acids is 1. The topological polar surface area (TPSA) is 85.8 Å². The summed E-state index contributed by atoms with van der Waals surface area (Å²) in [5.41, 5.74) is 0.918. The average Bonchev–Trinajstić information content (AvgIpc) is 3.12. The highest BCUT2D eigenvalue weighted by atomic mass is 16.5. The largest absolute Gasteiger partial charge is 0.352 e. The summed E-state index contributed by atoms with van der Waals surface area (Å²) >= 11 is 0. The number of aryl methyl sites for hydroxylation is 3. The number of amides is 1. The molecule has 1 aliphatic heterocycles. The van der Waals surface area contributed by atoms with Crippen molar-refractivity contribution in [3.8, 4) is 0 Å². The molecule has 0 fully saturated rings. The molecule has 25 heavy (non-hydrogen) atoms. The SMILES string of the molecule is Cc1cn2c(n1)CC[C@@H](NC(=O)CCCc1nc(C(C)(C)C)no1)C2. The van der Waals surface area contributed by atoms with Crippen LogP contribution in [-0.4, -0.2) is 31.6 Å². The van der Waals surface area contributed by atoms with Gasteiger partial charge in [0.05, 0.1) is 5.69 Å². The number of imidazole rings is 1. The number of fused-ring (bicyclic) bond motifs is 1. The molecule has 1 amide bonds. The lowest BCUT2D eigenvalue weighted by molar-refractivity contribution is -0.122. The van der Waals surface area contributed by atoms with Crippen molar-refractivity contribution < 1.29 is 9.32 Å². The Balaban J connectivity index is 1.42. The lowest BCUT2D eigenvalue weighted by Crippen LogP contribution is -2.40. The molecule has 0 saturated heterocycles. The van der Waals surface area contributed by atoms with E-state index in [0.717, 1.165) is 30.9 Å². The van der Waals surface area contributed by atoms with Gasteiger partial charge in [-0.2, -0.15) is 4.98 Å². The summed E-state index contributed by atoms with van der Waals surface area (Å²) in [7, 11) is 0. The Bertz CT molecular complexity index is 741. The van der Waals surface area contributed by atoms with Crippen molar-refractivity contribution in [1.82, 2.24) is 25.0 Å². The van der Waals surface area contributed by atoms with E-state index in [4.69, 9.17) is 4.52 Å². The molecule has 0 unspecified atom stereocenters. The zero-order valence-electron chi connectivity index (χ0n) is 15.5. The van der Waals surface area contributed by atoms with E-state index < -0.39 is 0 Å². The third-order valence-electron chi connectivity index (χ3n) is 4.41. The molecule has 0 spiro atoms. The first-order valence-electron chi connectivity index (χ1n) is 8.96. The van der Waals surface area contributed by atoms with Crippen LogP contribution >= 0.6 is 0 Å². The normalized spacial score (nSPS) is 17.4. The maximum absolute atomic E-state index is 12.2. The molecule has 0 bridgehead atoms. The third-order valence-corrected chi connectivity index (χ3v) is 4.41. The molecule has 1 atom stereocenters. The van der Waals surface area contributed by atoms with Crippen LogP contribution in [0, 0.1) is 6.92 Å². The molecule has 2 aromatic heterocycles. The van der Waals surface area contributed by atoms with Crippen LogP contribution in [0.3, 0.4) is 0 Å². The first kappa shape index (κ1) is 17.6. The van der Waals surface area contributed by atoms with Crippen LogP contribution < -0.4 is 5.32 Å². The van der Waals surface area contributed by atoms with Gasteiger partial charge in [-0.25, -0.2) is 4.98 Å². The van der Waals surface area contributed by atoms with E-state index in [0.29, 0.717) is 31.0 Å². The van der Waals surface area contributed by atoms with Gasteiger partial charge in [0.15, 0.2) is 5.82 Å². The highest BCUT2D eigenvalue weighted by Gasteiger charge is 2.22. The van der Waals surface area contributed by atoms with E-state index in [1.165, 1.54) is 0 Å². The highest BCUT2D eigenvalue weighted by molar-refractivity contribution is 5.76. The van der Waals surface area contributed by atoms with Crippen LogP contribution in [-0.2, 0) is 29.6 Å². The van der Waals surface area contributed by atoms with Gasteiger partial charge in [-0.15, -0.1) is 0 Å². The monoisotopic (exact) mass is 345 g/mol. The van der Waals surface area contributed by atoms with Crippen molar-refractivity contribution in [2.45, 2.75) is 77.8 Å². The van der Waals surface area contributed by atoms with E-state index in [-0.39, 0.29) is 17.4 Å². The maximum Gasteiger partial charge on any atom is 0.226 e. The lowest BCUT2D eigenvalue weighted by atomic mass is 9.96. The summed E-state index contributed by atoms with van der Waals surface area (Å²) in [5.74, 6) is 2.52. The van der Waals surface area contributed by atoms with Gasteiger partial charge >= 0.3 is 0 Å². The van der Waals surface area contributed by atoms with Gasteiger partial charge in [0.2, 0.25) is 11.8 Å². The fraction of sp³-hybridized carbons (Fsp3) is 0.667. The second-order valence-corrected chi connectivity index (χ2v) is 7.87. The van der Waals surface area contributed by atoms with Crippen LogP contribution in [0.15, 0.2) is 10.7 Å². The summed E-state index contributed by atoms with van der Waals surface area (Å²) in [5, 5.41) is 7.14. The van der Waals surface area contributed by atoms with Crippen molar-refractivity contribution in [1.29, 1.82) is 0 Å². The minimum atomic E-state index is -0.120. The molecule has 0 aliphatic carbocycles. The smallest absolute Gasteiger partial charge is 0.226 e. The van der Waals surface area contributed by atoms with E-state index in [2.05, 4.69) is 31.2 Å². The van der Waals surface area contributed by atoms with E-state index in [1.54, 1.807) is 0 Å². The quantitative estimate of drug-likeness (QED) is 0.899. The summed E-state index contributed by atoms with van der Waals surface area (Å²) in [6, 6.07) is 0.185. The van der Waals surface area contributed by atoms with Crippen molar-refractivity contribution in [3.05, 3.63) is 29.4 Å². The van der Waals surface area contributed by atoms with Crippen LogP contribution in [0.5, 0.6) is 0 Å². The Morgan fingerprint density at radius 3 is 2.92 bits per heavy atom. The second-order valence-electron chi connectivity index (χ2n) is 7.87. The fourth-order valence-corrected chi connectivity index (χ4v) is 3.07. The molecular weight excluding hydrogens is 318 g/mol. The van der Waals surface area contributed by atoms with Gasteiger partial charge in [-0.1, -0.05) is 25.9 Å². The van der Waals surface area contributed by atoms with Gasteiger partial charge in [-0.05, 0) is 19.8 Å². The van der Waals surface area contributed by atoms with E-state index >= 15 is 0 Å². The molecule has 0 saturated carbocycles. The number of nitrogens with one attached hydrogen (secondary N) is 1. The standard InChI is InChI=1S/C18H27N5O2/c1-12-10-23-11-13(8-9-14(23)19-12)20-15(24)6-5-7-16-21-17(22-25-16)18(2,3)4/h10,13H,5-9,11H2,1-4H3,(H,20,24)/t13-/m1/s1.